The van der Waals surface area contributed by atoms with Gasteiger partial charge in [-0.1, -0.05) is 6.07 Å². The molecule has 0 spiro atoms. The average Bonchev–Trinajstić information content (AvgIpc) is 2.86. The summed E-state index contributed by atoms with van der Waals surface area (Å²) in [4.78, 5) is 2.47. The van der Waals surface area contributed by atoms with Crippen molar-refractivity contribution in [2.45, 2.75) is 49.9 Å². The van der Waals surface area contributed by atoms with Crippen molar-refractivity contribution < 1.29 is 14.6 Å². The van der Waals surface area contributed by atoms with Crippen molar-refractivity contribution in [3.05, 3.63) is 23.3 Å². The Hall–Kier alpha value is -0.830. The Bertz CT molecular complexity index is 623. The third kappa shape index (κ3) is 2.01. The maximum absolute atomic E-state index is 10.7. The Morgan fingerprint density at radius 3 is 3.00 bits per heavy atom. The van der Waals surface area contributed by atoms with E-state index < -0.39 is 6.10 Å². The highest BCUT2D eigenvalue weighted by atomic mass is 31.0. The molecule has 5 unspecified atom stereocenters. The standard InChI is InChI=1S/C18H26NO3P/c1-3-21-13-6-4-11-8-9-19(2)14-7-5-12(20)17-18(14,10-23)15(11)16(13)22-17/h4,6,12,14,17,20H,3,5,7-10,23H2,1-2H3. The van der Waals surface area contributed by atoms with Crippen LogP contribution in [0.15, 0.2) is 12.1 Å². The Morgan fingerprint density at radius 2 is 2.26 bits per heavy atom. The van der Waals surface area contributed by atoms with Crippen LogP contribution >= 0.6 is 9.24 Å². The second kappa shape index (κ2) is 5.61. The molecule has 2 heterocycles. The molecule has 0 aromatic heterocycles. The molecule has 4 rings (SSSR count). The highest BCUT2D eigenvalue weighted by molar-refractivity contribution is 7.16. The van der Waals surface area contributed by atoms with Crippen molar-refractivity contribution in [3.63, 3.8) is 0 Å². The number of aliphatic hydroxyl groups is 1. The zero-order valence-corrected chi connectivity index (χ0v) is 15.1. The number of benzene rings is 1. The van der Waals surface area contributed by atoms with Crippen LogP contribution in [0.1, 0.15) is 30.9 Å². The molecule has 1 aromatic carbocycles. The lowest BCUT2D eigenvalue weighted by Gasteiger charge is -2.48. The predicted octanol–water partition coefficient (Wildman–Crippen LogP) is 1.97. The molecule has 126 valence electrons. The predicted molar refractivity (Wildman–Crippen MR) is 93.6 cm³/mol. The first kappa shape index (κ1) is 15.7. The Kier molecular flexibility index (Phi) is 3.83. The average molecular weight is 335 g/mol. The van der Waals surface area contributed by atoms with Gasteiger partial charge in [-0.05, 0) is 51.0 Å². The van der Waals surface area contributed by atoms with Gasteiger partial charge in [0.1, 0.15) is 6.10 Å². The summed E-state index contributed by atoms with van der Waals surface area (Å²) in [5, 5.41) is 10.7. The second-order valence-electron chi connectivity index (χ2n) is 7.03. The van der Waals surface area contributed by atoms with Gasteiger partial charge in [-0.3, -0.25) is 0 Å². The summed E-state index contributed by atoms with van der Waals surface area (Å²) in [5.41, 5.74) is 2.51. The monoisotopic (exact) mass is 335 g/mol. The number of hydrogen-bond donors (Lipinski definition) is 1. The van der Waals surface area contributed by atoms with E-state index in [0.717, 1.165) is 43.5 Å². The van der Waals surface area contributed by atoms with Crippen molar-refractivity contribution in [1.29, 1.82) is 0 Å². The van der Waals surface area contributed by atoms with Crippen LogP contribution in [0, 0.1) is 0 Å². The third-order valence-corrected chi connectivity index (χ3v) is 6.68. The van der Waals surface area contributed by atoms with E-state index in [2.05, 4.69) is 27.3 Å². The van der Waals surface area contributed by atoms with Crippen LogP contribution in [0.5, 0.6) is 11.5 Å². The number of hydrogen-bond acceptors (Lipinski definition) is 4. The van der Waals surface area contributed by atoms with E-state index in [1.165, 1.54) is 11.1 Å². The van der Waals surface area contributed by atoms with Gasteiger partial charge in [-0.25, -0.2) is 0 Å². The van der Waals surface area contributed by atoms with E-state index in [1.807, 2.05) is 13.0 Å². The summed E-state index contributed by atoms with van der Waals surface area (Å²) < 4.78 is 12.2. The fraction of sp³-hybridized carbons (Fsp3) is 0.667. The highest BCUT2D eigenvalue weighted by Gasteiger charge is 2.61. The van der Waals surface area contributed by atoms with Gasteiger partial charge in [0.2, 0.25) is 0 Å². The Morgan fingerprint density at radius 1 is 1.43 bits per heavy atom. The van der Waals surface area contributed by atoms with Crippen molar-refractivity contribution in [2.24, 2.45) is 0 Å². The molecule has 0 amide bonds. The van der Waals surface area contributed by atoms with Gasteiger partial charge in [0, 0.05) is 18.2 Å². The molecular formula is C18H26NO3P. The molecule has 23 heavy (non-hydrogen) atoms. The van der Waals surface area contributed by atoms with Gasteiger partial charge in [-0.15, -0.1) is 9.24 Å². The topological polar surface area (TPSA) is 41.9 Å². The van der Waals surface area contributed by atoms with Gasteiger partial charge in [0.05, 0.1) is 18.1 Å². The molecule has 0 saturated heterocycles. The molecule has 2 aliphatic heterocycles. The quantitative estimate of drug-likeness (QED) is 0.858. The van der Waals surface area contributed by atoms with Gasteiger partial charge in [0.15, 0.2) is 11.5 Å². The van der Waals surface area contributed by atoms with Crippen LogP contribution in [-0.2, 0) is 11.8 Å². The van der Waals surface area contributed by atoms with Gasteiger partial charge >= 0.3 is 0 Å². The first-order valence-corrected chi connectivity index (χ1v) is 9.49. The van der Waals surface area contributed by atoms with Gasteiger partial charge in [0.25, 0.3) is 0 Å². The normalized spacial score (nSPS) is 35.4. The van der Waals surface area contributed by atoms with Crippen molar-refractivity contribution >= 4 is 9.24 Å². The van der Waals surface area contributed by atoms with Gasteiger partial charge in [-0.2, -0.15) is 0 Å². The summed E-state index contributed by atoms with van der Waals surface area (Å²) in [7, 11) is 5.14. The van der Waals surface area contributed by atoms with E-state index in [-0.39, 0.29) is 11.5 Å². The lowest BCUT2D eigenvalue weighted by atomic mass is 9.64. The molecule has 1 fully saturated rings. The van der Waals surface area contributed by atoms with Crippen LogP contribution in [0.25, 0.3) is 0 Å². The number of nitrogens with zero attached hydrogens (tertiary/aromatic N) is 1. The second-order valence-corrected chi connectivity index (χ2v) is 7.44. The summed E-state index contributed by atoms with van der Waals surface area (Å²) in [6.45, 7) is 3.68. The number of likely N-dealkylation sites (N-methyl/N-ethyl adjacent to an activating group) is 1. The first-order chi connectivity index (χ1) is 11.1. The molecule has 4 nitrogen and oxygen atoms in total. The van der Waals surface area contributed by atoms with E-state index in [0.29, 0.717) is 12.6 Å². The van der Waals surface area contributed by atoms with Crippen LogP contribution in [0.2, 0.25) is 0 Å². The maximum Gasteiger partial charge on any atom is 0.166 e. The smallest absolute Gasteiger partial charge is 0.166 e. The zero-order chi connectivity index (χ0) is 16.2. The SMILES string of the molecule is CCOc1ccc2c3c1OC1C(O)CCC(N(C)CC2)C31CP. The summed E-state index contributed by atoms with van der Waals surface area (Å²) in [5.74, 6) is 1.71. The summed E-state index contributed by atoms with van der Waals surface area (Å²) in [6.07, 6.45) is 3.17. The third-order valence-electron chi connectivity index (χ3n) is 6.01. The lowest BCUT2D eigenvalue weighted by molar-refractivity contribution is -0.0531. The minimum Gasteiger partial charge on any atom is -0.490 e. The highest BCUT2D eigenvalue weighted by Crippen LogP contribution is 2.57. The Balaban J connectivity index is 1.97. The summed E-state index contributed by atoms with van der Waals surface area (Å²) >= 11 is 0. The van der Waals surface area contributed by atoms with Crippen LogP contribution in [0.3, 0.4) is 0 Å². The number of aliphatic hydroxyl groups excluding tert-OH is 1. The molecule has 5 heteroatoms. The Labute approximate surface area is 140 Å². The first-order valence-electron chi connectivity index (χ1n) is 8.67. The van der Waals surface area contributed by atoms with E-state index in [9.17, 15) is 5.11 Å². The number of rotatable bonds is 3. The van der Waals surface area contributed by atoms with E-state index in [1.54, 1.807) is 0 Å². The fourth-order valence-electron chi connectivity index (χ4n) is 5.02. The molecule has 1 aromatic rings. The molecule has 5 atom stereocenters. The lowest BCUT2D eigenvalue weighted by Crippen LogP contribution is -2.62. The van der Waals surface area contributed by atoms with Crippen LogP contribution in [0.4, 0.5) is 0 Å². The molecule has 1 aliphatic carbocycles. The fourth-order valence-corrected chi connectivity index (χ4v) is 5.73. The minimum atomic E-state index is -0.409. The molecule has 0 radical (unpaired) electrons. The minimum absolute atomic E-state index is 0.147. The van der Waals surface area contributed by atoms with Crippen molar-refractivity contribution in [3.8, 4) is 11.5 Å². The van der Waals surface area contributed by atoms with E-state index in [4.69, 9.17) is 9.47 Å². The molecular weight excluding hydrogens is 309 g/mol. The summed E-state index contributed by atoms with van der Waals surface area (Å²) in [6, 6.07) is 4.65. The number of ether oxygens (including phenoxy) is 2. The van der Waals surface area contributed by atoms with Crippen molar-refractivity contribution in [1.82, 2.24) is 4.90 Å². The van der Waals surface area contributed by atoms with Crippen LogP contribution in [-0.4, -0.2) is 54.6 Å². The molecule has 1 saturated carbocycles. The van der Waals surface area contributed by atoms with E-state index >= 15 is 0 Å². The molecule has 1 N–H and O–H groups in total. The van der Waals surface area contributed by atoms with Crippen molar-refractivity contribution in [2.75, 3.05) is 26.4 Å². The van der Waals surface area contributed by atoms with Crippen LogP contribution < -0.4 is 9.47 Å². The zero-order valence-electron chi connectivity index (χ0n) is 13.9. The molecule has 3 aliphatic rings. The molecule has 0 bridgehead atoms. The maximum atomic E-state index is 10.7. The largest absolute Gasteiger partial charge is 0.490 e. The van der Waals surface area contributed by atoms with Gasteiger partial charge < -0.3 is 19.5 Å².